The zero-order chi connectivity index (χ0) is 13.9. The van der Waals surface area contributed by atoms with Crippen molar-refractivity contribution in [3.8, 4) is 0 Å². The summed E-state index contributed by atoms with van der Waals surface area (Å²) in [7, 11) is 0. The molecule has 5 heteroatoms. The third-order valence-electron chi connectivity index (χ3n) is 3.41. The molecule has 104 valence electrons. The Balaban J connectivity index is 1.98. The van der Waals surface area contributed by atoms with Crippen molar-refractivity contribution in [3.63, 3.8) is 0 Å². The minimum Gasteiger partial charge on any atom is -0.328 e. The number of aromatic nitrogens is 3. The van der Waals surface area contributed by atoms with Gasteiger partial charge in [-0.3, -0.25) is 0 Å². The molecule has 2 aromatic heterocycles. The highest BCUT2D eigenvalue weighted by atomic mass is 35.5. The molecule has 0 unspecified atom stereocenters. The van der Waals surface area contributed by atoms with Gasteiger partial charge in [-0.25, -0.2) is 9.97 Å². The van der Waals surface area contributed by atoms with Crippen molar-refractivity contribution in [2.24, 2.45) is 0 Å². The third kappa shape index (κ3) is 2.58. The minimum absolute atomic E-state index is 0.597. The molecule has 0 bridgehead atoms. The maximum atomic E-state index is 5.91. The van der Waals surface area contributed by atoms with E-state index in [1.807, 2.05) is 11.6 Å². The number of hydrogen-bond donors (Lipinski definition) is 0. The molecule has 0 saturated heterocycles. The van der Waals surface area contributed by atoms with Crippen LogP contribution in [0.15, 0.2) is 29.8 Å². The van der Waals surface area contributed by atoms with Crippen LogP contribution in [0.25, 0.3) is 11.0 Å². The van der Waals surface area contributed by atoms with Gasteiger partial charge in [-0.15, -0.1) is 22.9 Å². The summed E-state index contributed by atoms with van der Waals surface area (Å²) in [6.07, 6.45) is 3.59. The summed E-state index contributed by atoms with van der Waals surface area (Å²) in [5, 5.41) is 3.18. The molecule has 20 heavy (non-hydrogen) atoms. The van der Waals surface area contributed by atoms with E-state index >= 15 is 0 Å². The van der Waals surface area contributed by atoms with Gasteiger partial charge in [0.2, 0.25) is 0 Å². The second-order valence-corrected chi connectivity index (χ2v) is 6.09. The molecular weight excluding hydrogens is 290 g/mol. The molecule has 3 nitrogen and oxygen atoms in total. The second kappa shape index (κ2) is 5.94. The Bertz CT molecular complexity index is 703. The normalized spacial score (nSPS) is 11.3. The number of imidazole rings is 1. The number of benzene rings is 1. The van der Waals surface area contributed by atoms with Gasteiger partial charge < -0.3 is 4.57 Å². The van der Waals surface area contributed by atoms with Gasteiger partial charge in [0.25, 0.3) is 0 Å². The Morgan fingerprint density at radius 1 is 1.30 bits per heavy atom. The molecule has 0 amide bonds. The molecule has 0 spiro atoms. The van der Waals surface area contributed by atoms with Crippen LogP contribution in [0.4, 0.5) is 0 Å². The van der Waals surface area contributed by atoms with E-state index in [1.165, 1.54) is 11.1 Å². The Morgan fingerprint density at radius 3 is 2.95 bits per heavy atom. The predicted octanol–water partition coefficient (Wildman–Crippen LogP) is 3.83. The van der Waals surface area contributed by atoms with E-state index in [-0.39, 0.29) is 0 Å². The number of halogens is 1. The van der Waals surface area contributed by atoms with E-state index in [0.717, 1.165) is 35.7 Å². The summed E-state index contributed by atoms with van der Waals surface area (Å²) in [6.45, 7) is 3.00. The fraction of sp³-hybridized carbons (Fsp3) is 0.333. The number of aryl methyl sites for hydroxylation is 4. The standard InChI is InChI=1S/C15H16ClN3S/c1-11-3-2-4-12-15(11)18-13(5-7-16)19(12)9-6-14-17-8-10-20-14/h2-4,8,10H,5-7,9H2,1H3. The summed E-state index contributed by atoms with van der Waals surface area (Å²) in [6, 6.07) is 6.32. The van der Waals surface area contributed by atoms with Crippen LogP contribution in [0, 0.1) is 6.92 Å². The molecule has 1 aromatic carbocycles. The summed E-state index contributed by atoms with van der Waals surface area (Å²) in [5.41, 5.74) is 3.50. The molecule has 3 aromatic rings. The van der Waals surface area contributed by atoms with Gasteiger partial charge in [0.15, 0.2) is 0 Å². The van der Waals surface area contributed by atoms with Gasteiger partial charge in [-0.05, 0) is 18.6 Å². The third-order valence-corrected chi connectivity index (χ3v) is 4.44. The molecule has 0 atom stereocenters. The molecule has 0 saturated carbocycles. The van der Waals surface area contributed by atoms with Crippen molar-refractivity contribution in [2.75, 3.05) is 5.88 Å². The number of thiazole rings is 1. The SMILES string of the molecule is Cc1cccc2c1nc(CCCl)n2CCc1nccs1. The van der Waals surface area contributed by atoms with Crippen LogP contribution in [-0.2, 0) is 19.4 Å². The van der Waals surface area contributed by atoms with E-state index in [1.54, 1.807) is 11.3 Å². The molecule has 0 radical (unpaired) electrons. The summed E-state index contributed by atoms with van der Waals surface area (Å²) >= 11 is 7.61. The zero-order valence-electron chi connectivity index (χ0n) is 11.3. The first kappa shape index (κ1) is 13.6. The van der Waals surface area contributed by atoms with Crippen LogP contribution in [0.3, 0.4) is 0 Å². The van der Waals surface area contributed by atoms with E-state index in [4.69, 9.17) is 16.6 Å². The smallest absolute Gasteiger partial charge is 0.111 e. The van der Waals surface area contributed by atoms with Crippen LogP contribution in [0.2, 0.25) is 0 Å². The first-order chi connectivity index (χ1) is 9.79. The minimum atomic E-state index is 0.597. The lowest BCUT2D eigenvalue weighted by Crippen LogP contribution is -2.06. The van der Waals surface area contributed by atoms with Gasteiger partial charge in [0, 0.05) is 36.8 Å². The number of nitrogens with zero attached hydrogens (tertiary/aromatic N) is 3. The van der Waals surface area contributed by atoms with Crippen LogP contribution in [0.1, 0.15) is 16.4 Å². The second-order valence-electron chi connectivity index (χ2n) is 4.74. The summed E-state index contributed by atoms with van der Waals surface area (Å²) in [4.78, 5) is 9.11. The maximum Gasteiger partial charge on any atom is 0.111 e. The molecule has 0 aliphatic carbocycles. The van der Waals surface area contributed by atoms with Crippen molar-refractivity contribution in [2.45, 2.75) is 26.3 Å². The number of para-hydroxylation sites is 1. The summed E-state index contributed by atoms with van der Waals surface area (Å²) < 4.78 is 2.28. The number of hydrogen-bond acceptors (Lipinski definition) is 3. The maximum absolute atomic E-state index is 5.91. The van der Waals surface area contributed by atoms with Gasteiger partial charge in [0.1, 0.15) is 5.82 Å². The zero-order valence-corrected chi connectivity index (χ0v) is 12.9. The monoisotopic (exact) mass is 305 g/mol. The highest BCUT2D eigenvalue weighted by molar-refractivity contribution is 7.09. The fourth-order valence-corrected chi connectivity index (χ4v) is 3.22. The molecular formula is C15H16ClN3S. The van der Waals surface area contributed by atoms with E-state index in [2.05, 4.69) is 34.7 Å². The Hall–Kier alpha value is -1.39. The molecule has 0 fully saturated rings. The van der Waals surface area contributed by atoms with Crippen molar-refractivity contribution < 1.29 is 0 Å². The topological polar surface area (TPSA) is 30.7 Å². The Labute approximate surface area is 127 Å². The van der Waals surface area contributed by atoms with Crippen molar-refractivity contribution in [3.05, 3.63) is 46.2 Å². The largest absolute Gasteiger partial charge is 0.328 e. The van der Waals surface area contributed by atoms with Gasteiger partial charge in [-0.2, -0.15) is 0 Å². The number of rotatable bonds is 5. The van der Waals surface area contributed by atoms with Crippen molar-refractivity contribution >= 4 is 34.0 Å². The quantitative estimate of drug-likeness (QED) is 0.671. The lowest BCUT2D eigenvalue weighted by Gasteiger charge is -2.07. The first-order valence-corrected chi connectivity index (χ1v) is 8.10. The van der Waals surface area contributed by atoms with Crippen molar-refractivity contribution in [1.82, 2.24) is 14.5 Å². The molecule has 2 heterocycles. The predicted molar refractivity (Wildman–Crippen MR) is 84.7 cm³/mol. The fourth-order valence-electron chi connectivity index (χ4n) is 2.44. The average Bonchev–Trinajstić information content (AvgIpc) is 3.05. The van der Waals surface area contributed by atoms with E-state index in [9.17, 15) is 0 Å². The van der Waals surface area contributed by atoms with Gasteiger partial charge in [0.05, 0.1) is 16.0 Å². The van der Waals surface area contributed by atoms with Crippen LogP contribution >= 0.6 is 22.9 Å². The van der Waals surface area contributed by atoms with Crippen LogP contribution in [0.5, 0.6) is 0 Å². The van der Waals surface area contributed by atoms with Crippen LogP contribution in [-0.4, -0.2) is 20.4 Å². The highest BCUT2D eigenvalue weighted by Gasteiger charge is 2.12. The van der Waals surface area contributed by atoms with E-state index in [0.29, 0.717) is 5.88 Å². The molecule has 3 rings (SSSR count). The van der Waals surface area contributed by atoms with Crippen molar-refractivity contribution in [1.29, 1.82) is 0 Å². The number of fused-ring (bicyclic) bond motifs is 1. The molecule has 0 aliphatic rings. The first-order valence-electron chi connectivity index (χ1n) is 6.68. The lowest BCUT2D eigenvalue weighted by molar-refractivity contribution is 0.673. The highest BCUT2D eigenvalue weighted by Crippen LogP contribution is 2.21. The van der Waals surface area contributed by atoms with Gasteiger partial charge in [-0.1, -0.05) is 12.1 Å². The molecule has 0 aliphatic heterocycles. The average molecular weight is 306 g/mol. The summed E-state index contributed by atoms with van der Waals surface area (Å²) in [5.74, 6) is 1.67. The Morgan fingerprint density at radius 2 is 2.20 bits per heavy atom. The Kier molecular flexibility index (Phi) is 4.03. The van der Waals surface area contributed by atoms with Gasteiger partial charge >= 0.3 is 0 Å². The molecule has 0 N–H and O–H groups in total. The number of alkyl halides is 1. The van der Waals surface area contributed by atoms with E-state index < -0.39 is 0 Å². The van der Waals surface area contributed by atoms with Crippen LogP contribution < -0.4 is 0 Å². The lowest BCUT2D eigenvalue weighted by atomic mass is 10.2.